The monoisotopic (exact) mass is 289 g/mol. The Morgan fingerprint density at radius 1 is 1.05 bits per heavy atom. The predicted molar refractivity (Wildman–Crippen MR) is 79.6 cm³/mol. The zero-order chi connectivity index (χ0) is 15.6. The maximum Gasteiger partial charge on any atom is 0.161 e. The Hall–Kier alpha value is -2.23. The van der Waals surface area contributed by atoms with E-state index in [2.05, 4.69) is 0 Å². The van der Waals surface area contributed by atoms with Crippen LogP contribution in [0.25, 0.3) is 0 Å². The van der Waals surface area contributed by atoms with Crippen LogP contribution in [0.1, 0.15) is 35.8 Å². The summed E-state index contributed by atoms with van der Waals surface area (Å²) in [5.74, 6) is -1.07. The van der Waals surface area contributed by atoms with E-state index in [0.29, 0.717) is 11.1 Å². The minimum absolute atomic E-state index is 0.195. The minimum atomic E-state index is -0.492. The number of hydrogen-bond donors (Lipinski definition) is 0. The molecule has 1 atom stereocenters. The molecule has 0 aliphatic rings. The molecule has 21 heavy (non-hydrogen) atoms. The smallest absolute Gasteiger partial charge is 0.161 e. The van der Waals surface area contributed by atoms with Gasteiger partial charge in [-0.05, 0) is 32.0 Å². The third kappa shape index (κ3) is 2.94. The maximum absolute atomic E-state index is 14.1. The molecule has 1 unspecified atom stereocenters. The SMILES string of the molecule is CC(=O)c1cccc(F)c1N(C)C(C)c1ccccc1F. The second-order valence-corrected chi connectivity index (χ2v) is 5.00. The molecule has 0 amide bonds. The van der Waals surface area contributed by atoms with Gasteiger partial charge in [0.25, 0.3) is 0 Å². The minimum Gasteiger partial charge on any atom is -0.365 e. The lowest BCUT2D eigenvalue weighted by molar-refractivity contribution is 0.101. The molecule has 0 aliphatic heterocycles. The molecule has 110 valence electrons. The number of halogens is 2. The zero-order valence-electron chi connectivity index (χ0n) is 12.2. The number of Topliss-reactive ketones (excluding diaryl/α,β-unsaturated/α-hetero) is 1. The molecule has 4 heteroatoms. The summed E-state index contributed by atoms with van der Waals surface area (Å²) in [5, 5.41) is 0. The highest BCUT2D eigenvalue weighted by Gasteiger charge is 2.22. The van der Waals surface area contributed by atoms with Crippen molar-refractivity contribution in [1.82, 2.24) is 0 Å². The van der Waals surface area contributed by atoms with Crippen LogP contribution in [0.3, 0.4) is 0 Å². The van der Waals surface area contributed by atoms with Gasteiger partial charge in [0.05, 0.1) is 11.7 Å². The summed E-state index contributed by atoms with van der Waals surface area (Å²) < 4.78 is 28.0. The van der Waals surface area contributed by atoms with E-state index in [0.717, 1.165) is 0 Å². The Morgan fingerprint density at radius 2 is 1.67 bits per heavy atom. The molecule has 0 saturated heterocycles. The fraction of sp³-hybridized carbons (Fsp3) is 0.235. The van der Waals surface area contributed by atoms with Crippen LogP contribution in [-0.4, -0.2) is 12.8 Å². The number of carbonyl (C=O) groups excluding carboxylic acids is 1. The predicted octanol–water partition coefficient (Wildman–Crippen LogP) is 4.36. The number of para-hydroxylation sites is 1. The molecule has 0 bridgehead atoms. The molecule has 2 aromatic rings. The molecule has 0 aromatic heterocycles. The normalized spacial score (nSPS) is 12.0. The van der Waals surface area contributed by atoms with Gasteiger partial charge in [0.2, 0.25) is 0 Å². The highest BCUT2D eigenvalue weighted by molar-refractivity contribution is 5.99. The summed E-state index contributed by atoms with van der Waals surface area (Å²) in [4.78, 5) is 13.3. The van der Waals surface area contributed by atoms with Crippen LogP contribution in [0.2, 0.25) is 0 Å². The van der Waals surface area contributed by atoms with Crippen molar-refractivity contribution in [1.29, 1.82) is 0 Å². The largest absolute Gasteiger partial charge is 0.365 e. The lowest BCUT2D eigenvalue weighted by atomic mass is 10.0. The van der Waals surface area contributed by atoms with Crippen molar-refractivity contribution in [2.45, 2.75) is 19.9 Å². The van der Waals surface area contributed by atoms with Gasteiger partial charge in [-0.25, -0.2) is 8.78 Å². The van der Waals surface area contributed by atoms with Crippen molar-refractivity contribution >= 4 is 11.5 Å². The quantitative estimate of drug-likeness (QED) is 0.779. The van der Waals surface area contributed by atoms with Crippen molar-refractivity contribution < 1.29 is 13.6 Å². The molecule has 0 heterocycles. The highest BCUT2D eigenvalue weighted by Crippen LogP contribution is 2.31. The second-order valence-electron chi connectivity index (χ2n) is 5.00. The van der Waals surface area contributed by atoms with Gasteiger partial charge < -0.3 is 4.90 Å². The molecule has 2 aromatic carbocycles. The van der Waals surface area contributed by atoms with Crippen LogP contribution >= 0.6 is 0 Å². The summed E-state index contributed by atoms with van der Waals surface area (Å²) in [5.41, 5.74) is 0.944. The molecule has 0 saturated carbocycles. The van der Waals surface area contributed by atoms with E-state index in [1.165, 1.54) is 25.1 Å². The van der Waals surface area contributed by atoms with Gasteiger partial charge in [0.15, 0.2) is 5.78 Å². The Labute approximate surface area is 123 Å². The van der Waals surface area contributed by atoms with E-state index in [1.807, 2.05) is 0 Å². The first-order valence-electron chi connectivity index (χ1n) is 6.70. The summed E-state index contributed by atoms with van der Waals surface area (Å²) in [6.45, 7) is 3.16. The van der Waals surface area contributed by atoms with E-state index < -0.39 is 11.9 Å². The Kier molecular flexibility index (Phi) is 4.36. The van der Waals surface area contributed by atoms with Gasteiger partial charge in [-0.15, -0.1) is 0 Å². The van der Waals surface area contributed by atoms with Crippen LogP contribution in [-0.2, 0) is 0 Å². The summed E-state index contributed by atoms with van der Waals surface area (Å²) in [7, 11) is 1.65. The molecule has 0 fully saturated rings. The van der Waals surface area contributed by atoms with Crippen LogP contribution < -0.4 is 4.90 Å². The molecule has 0 N–H and O–H groups in total. The zero-order valence-corrected chi connectivity index (χ0v) is 12.2. The average molecular weight is 289 g/mol. The third-order valence-electron chi connectivity index (χ3n) is 3.66. The van der Waals surface area contributed by atoms with Gasteiger partial charge in [-0.1, -0.05) is 24.3 Å². The van der Waals surface area contributed by atoms with Crippen LogP contribution in [0.5, 0.6) is 0 Å². The lowest BCUT2D eigenvalue weighted by Crippen LogP contribution is -2.25. The average Bonchev–Trinajstić information content (AvgIpc) is 2.46. The number of hydrogen-bond acceptors (Lipinski definition) is 2. The van der Waals surface area contributed by atoms with Crippen molar-refractivity contribution in [3.8, 4) is 0 Å². The van der Waals surface area contributed by atoms with Crippen LogP contribution in [0.4, 0.5) is 14.5 Å². The fourth-order valence-electron chi connectivity index (χ4n) is 2.37. The maximum atomic E-state index is 14.1. The van der Waals surface area contributed by atoms with Gasteiger partial charge >= 0.3 is 0 Å². The molecular weight excluding hydrogens is 272 g/mol. The Bertz CT molecular complexity index is 670. The van der Waals surface area contributed by atoms with Crippen LogP contribution in [0.15, 0.2) is 42.5 Å². The molecule has 2 rings (SSSR count). The molecule has 0 spiro atoms. The summed E-state index contributed by atoms with van der Waals surface area (Å²) >= 11 is 0. The van der Waals surface area contributed by atoms with Gasteiger partial charge in [0, 0.05) is 18.2 Å². The van der Waals surface area contributed by atoms with Crippen molar-refractivity contribution in [2.75, 3.05) is 11.9 Å². The van der Waals surface area contributed by atoms with E-state index in [4.69, 9.17) is 0 Å². The first-order valence-corrected chi connectivity index (χ1v) is 6.70. The summed E-state index contributed by atoms with van der Waals surface area (Å²) in [6.07, 6.45) is 0. The first kappa shape index (κ1) is 15.2. The summed E-state index contributed by atoms with van der Waals surface area (Å²) in [6, 6.07) is 10.3. The molecule has 0 radical (unpaired) electrons. The van der Waals surface area contributed by atoms with E-state index in [1.54, 1.807) is 43.1 Å². The highest BCUT2D eigenvalue weighted by atomic mass is 19.1. The third-order valence-corrected chi connectivity index (χ3v) is 3.66. The van der Waals surface area contributed by atoms with Crippen LogP contribution in [0, 0.1) is 11.6 Å². The van der Waals surface area contributed by atoms with Gasteiger partial charge in [-0.3, -0.25) is 4.79 Å². The Balaban J connectivity index is 2.48. The second kappa shape index (κ2) is 6.04. The number of benzene rings is 2. The number of ketones is 1. The number of anilines is 1. The molecule has 0 aliphatic carbocycles. The standard InChI is InChI=1S/C17H17F2NO/c1-11(13-7-4-5-9-15(13)18)20(3)17-14(12(2)21)8-6-10-16(17)19/h4-11H,1-3H3. The van der Waals surface area contributed by atoms with Gasteiger partial charge in [0.1, 0.15) is 11.6 Å². The number of nitrogens with zero attached hydrogens (tertiary/aromatic N) is 1. The topological polar surface area (TPSA) is 20.3 Å². The Morgan fingerprint density at radius 3 is 2.29 bits per heavy atom. The molecule has 2 nitrogen and oxygen atoms in total. The number of carbonyl (C=O) groups is 1. The van der Waals surface area contributed by atoms with Crippen molar-refractivity contribution in [2.24, 2.45) is 0 Å². The van der Waals surface area contributed by atoms with Crippen molar-refractivity contribution in [3.63, 3.8) is 0 Å². The van der Waals surface area contributed by atoms with Gasteiger partial charge in [-0.2, -0.15) is 0 Å². The fourth-order valence-corrected chi connectivity index (χ4v) is 2.37. The lowest BCUT2D eigenvalue weighted by Gasteiger charge is -2.29. The van der Waals surface area contributed by atoms with E-state index in [9.17, 15) is 13.6 Å². The first-order chi connectivity index (χ1) is 9.93. The van der Waals surface area contributed by atoms with Crippen molar-refractivity contribution in [3.05, 3.63) is 65.2 Å². The number of rotatable bonds is 4. The van der Waals surface area contributed by atoms with E-state index in [-0.39, 0.29) is 17.3 Å². The van der Waals surface area contributed by atoms with E-state index >= 15 is 0 Å². The molecular formula is C17H17F2NO.